The Hall–Kier alpha value is -2.25. The molecule has 4 heterocycles. The van der Waals surface area contributed by atoms with Gasteiger partial charge >= 0.3 is 0 Å². The van der Waals surface area contributed by atoms with Crippen LogP contribution in [0.1, 0.15) is 11.4 Å². The number of hydrogen-bond donors (Lipinski definition) is 0. The van der Waals surface area contributed by atoms with E-state index in [0.29, 0.717) is 0 Å². The van der Waals surface area contributed by atoms with Gasteiger partial charge in [-0.05, 0) is 19.1 Å². The van der Waals surface area contributed by atoms with Crippen molar-refractivity contribution in [2.75, 3.05) is 31.1 Å². The third-order valence-electron chi connectivity index (χ3n) is 4.36. The number of aromatic nitrogens is 3. The molecule has 124 valence electrons. The van der Waals surface area contributed by atoms with Crippen molar-refractivity contribution in [3.8, 4) is 0 Å². The molecule has 0 radical (unpaired) electrons. The summed E-state index contributed by atoms with van der Waals surface area (Å²) in [6.07, 6.45) is 1.83. The molecule has 0 unspecified atom stereocenters. The molecule has 0 spiro atoms. The van der Waals surface area contributed by atoms with E-state index in [1.807, 2.05) is 36.7 Å². The Morgan fingerprint density at radius 1 is 1.21 bits per heavy atom. The van der Waals surface area contributed by atoms with E-state index in [0.717, 1.165) is 54.9 Å². The van der Waals surface area contributed by atoms with Crippen molar-refractivity contribution in [2.24, 2.45) is 0 Å². The van der Waals surface area contributed by atoms with Gasteiger partial charge in [-0.2, -0.15) is 0 Å². The van der Waals surface area contributed by atoms with Crippen molar-refractivity contribution in [3.63, 3.8) is 0 Å². The van der Waals surface area contributed by atoms with Crippen LogP contribution in [-0.4, -0.2) is 45.4 Å². The van der Waals surface area contributed by atoms with Gasteiger partial charge in [0, 0.05) is 56.1 Å². The first-order valence-electron chi connectivity index (χ1n) is 8.06. The van der Waals surface area contributed by atoms with E-state index in [1.54, 1.807) is 10.5 Å². The van der Waals surface area contributed by atoms with Crippen molar-refractivity contribution in [2.45, 2.75) is 13.5 Å². The van der Waals surface area contributed by atoms with E-state index in [-0.39, 0.29) is 5.56 Å². The van der Waals surface area contributed by atoms with Gasteiger partial charge in [0.2, 0.25) is 0 Å². The largest absolute Gasteiger partial charge is 0.354 e. The molecule has 1 saturated heterocycles. The lowest BCUT2D eigenvalue weighted by atomic mass is 10.2. The summed E-state index contributed by atoms with van der Waals surface area (Å²) in [7, 11) is 0. The Kier molecular flexibility index (Phi) is 4.03. The third-order valence-corrected chi connectivity index (χ3v) is 5.30. The Morgan fingerprint density at radius 3 is 2.79 bits per heavy atom. The molecule has 3 aromatic rings. The zero-order valence-corrected chi connectivity index (χ0v) is 14.4. The van der Waals surface area contributed by atoms with E-state index >= 15 is 0 Å². The van der Waals surface area contributed by atoms with Gasteiger partial charge in [0.1, 0.15) is 5.82 Å². The van der Waals surface area contributed by atoms with Gasteiger partial charge in [-0.15, -0.1) is 11.3 Å². The highest BCUT2D eigenvalue weighted by Crippen LogP contribution is 2.15. The van der Waals surface area contributed by atoms with Gasteiger partial charge in [0.05, 0.1) is 5.69 Å². The minimum absolute atomic E-state index is 0.0147. The molecule has 0 bridgehead atoms. The van der Waals surface area contributed by atoms with E-state index in [9.17, 15) is 4.79 Å². The maximum atomic E-state index is 12.3. The number of anilines is 1. The van der Waals surface area contributed by atoms with Crippen LogP contribution in [0.2, 0.25) is 0 Å². The number of fused-ring (bicyclic) bond motifs is 1. The molecule has 4 rings (SSSR count). The van der Waals surface area contributed by atoms with Gasteiger partial charge < -0.3 is 4.90 Å². The first kappa shape index (κ1) is 15.3. The summed E-state index contributed by atoms with van der Waals surface area (Å²) in [6, 6.07) is 7.67. The van der Waals surface area contributed by atoms with Crippen molar-refractivity contribution < 1.29 is 0 Å². The number of rotatable bonds is 3. The Morgan fingerprint density at radius 2 is 2.04 bits per heavy atom. The number of thiazole rings is 1. The second kappa shape index (κ2) is 6.33. The first-order chi connectivity index (χ1) is 11.7. The molecule has 0 saturated carbocycles. The molecule has 24 heavy (non-hydrogen) atoms. The molecule has 0 aliphatic carbocycles. The lowest BCUT2D eigenvalue weighted by molar-refractivity contribution is 0.246. The zero-order chi connectivity index (χ0) is 16.5. The predicted molar refractivity (Wildman–Crippen MR) is 95.8 cm³/mol. The number of hydrogen-bond acceptors (Lipinski definition) is 6. The minimum Gasteiger partial charge on any atom is -0.354 e. The molecule has 1 aliphatic rings. The van der Waals surface area contributed by atoms with E-state index in [1.165, 1.54) is 11.3 Å². The summed E-state index contributed by atoms with van der Waals surface area (Å²) in [5.41, 5.74) is 1.82. The highest BCUT2D eigenvalue weighted by atomic mass is 32.1. The summed E-state index contributed by atoms with van der Waals surface area (Å²) < 4.78 is 1.67. The van der Waals surface area contributed by atoms with Crippen molar-refractivity contribution in [1.29, 1.82) is 0 Å². The molecule has 1 fully saturated rings. The van der Waals surface area contributed by atoms with Crippen molar-refractivity contribution in [1.82, 2.24) is 19.3 Å². The Labute approximate surface area is 144 Å². The van der Waals surface area contributed by atoms with E-state index in [4.69, 9.17) is 0 Å². The van der Waals surface area contributed by atoms with Crippen LogP contribution in [0.15, 0.2) is 40.6 Å². The molecule has 0 N–H and O–H groups in total. The smallest absolute Gasteiger partial charge is 0.259 e. The van der Waals surface area contributed by atoms with Crippen molar-refractivity contribution >= 4 is 22.1 Å². The van der Waals surface area contributed by atoms with Crippen LogP contribution in [0.4, 0.5) is 5.82 Å². The molecule has 0 aromatic carbocycles. The van der Waals surface area contributed by atoms with Gasteiger partial charge in [-0.1, -0.05) is 6.07 Å². The highest BCUT2D eigenvalue weighted by Gasteiger charge is 2.19. The van der Waals surface area contributed by atoms with Crippen LogP contribution >= 0.6 is 11.3 Å². The topological polar surface area (TPSA) is 53.7 Å². The molecular formula is C17H19N5OS. The van der Waals surface area contributed by atoms with Crippen molar-refractivity contribution in [3.05, 3.63) is 57.6 Å². The van der Waals surface area contributed by atoms with Crippen LogP contribution < -0.4 is 10.5 Å². The summed E-state index contributed by atoms with van der Waals surface area (Å²) >= 11 is 1.52. The number of nitrogens with zero attached hydrogens (tertiary/aromatic N) is 5. The summed E-state index contributed by atoms with van der Waals surface area (Å²) in [4.78, 5) is 26.7. The second-order valence-electron chi connectivity index (χ2n) is 6.03. The third kappa shape index (κ3) is 2.92. The molecule has 7 heteroatoms. The number of piperazine rings is 1. The number of pyridine rings is 1. The predicted octanol–water partition coefficient (Wildman–Crippen LogP) is 1.78. The minimum atomic E-state index is 0.0147. The summed E-state index contributed by atoms with van der Waals surface area (Å²) in [6.45, 7) is 6.43. The molecule has 3 aromatic heterocycles. The average molecular weight is 341 g/mol. The van der Waals surface area contributed by atoms with Crippen LogP contribution in [-0.2, 0) is 6.54 Å². The lowest BCUT2D eigenvalue weighted by Gasteiger charge is -2.35. The van der Waals surface area contributed by atoms with Crippen LogP contribution in [0.3, 0.4) is 0 Å². The Bertz CT molecular complexity index is 896. The summed E-state index contributed by atoms with van der Waals surface area (Å²) in [5, 5.41) is 1.97. The molecule has 0 amide bonds. The number of aryl methyl sites for hydroxylation is 1. The normalized spacial score (nSPS) is 16.0. The zero-order valence-electron chi connectivity index (χ0n) is 13.6. The molecule has 1 aliphatic heterocycles. The SMILES string of the molecule is Cc1csc2nc(CN3CCN(c4ccccn4)CC3)cc(=O)n12. The van der Waals surface area contributed by atoms with Gasteiger partial charge in [0.25, 0.3) is 5.56 Å². The monoisotopic (exact) mass is 341 g/mol. The quantitative estimate of drug-likeness (QED) is 0.727. The van der Waals surface area contributed by atoms with Gasteiger partial charge in [-0.3, -0.25) is 14.1 Å². The first-order valence-corrected chi connectivity index (χ1v) is 8.94. The van der Waals surface area contributed by atoms with Crippen LogP contribution in [0.5, 0.6) is 0 Å². The lowest BCUT2D eigenvalue weighted by Crippen LogP contribution is -2.46. The fourth-order valence-corrected chi connectivity index (χ4v) is 3.98. The molecular weight excluding hydrogens is 322 g/mol. The van der Waals surface area contributed by atoms with E-state index < -0.39 is 0 Å². The molecule has 0 atom stereocenters. The van der Waals surface area contributed by atoms with Gasteiger partial charge in [0.15, 0.2) is 4.96 Å². The fraction of sp³-hybridized carbons (Fsp3) is 0.353. The molecule has 6 nitrogen and oxygen atoms in total. The van der Waals surface area contributed by atoms with Crippen LogP contribution in [0, 0.1) is 6.92 Å². The summed E-state index contributed by atoms with van der Waals surface area (Å²) in [5.74, 6) is 1.03. The fourth-order valence-electron chi connectivity index (χ4n) is 3.09. The second-order valence-corrected chi connectivity index (χ2v) is 6.87. The maximum Gasteiger partial charge on any atom is 0.259 e. The maximum absolute atomic E-state index is 12.3. The Balaban J connectivity index is 1.45. The van der Waals surface area contributed by atoms with Gasteiger partial charge in [-0.25, -0.2) is 9.97 Å². The highest BCUT2D eigenvalue weighted by molar-refractivity contribution is 7.15. The van der Waals surface area contributed by atoms with E-state index in [2.05, 4.69) is 19.8 Å². The van der Waals surface area contributed by atoms with Crippen LogP contribution in [0.25, 0.3) is 4.96 Å². The standard InChI is InChI=1S/C17H19N5OS/c1-13-12-24-17-19-14(10-16(23)22(13)17)11-20-6-8-21(9-7-20)15-4-2-3-5-18-15/h2-5,10,12H,6-9,11H2,1H3. The average Bonchev–Trinajstić information content (AvgIpc) is 2.98.